The second-order valence-electron chi connectivity index (χ2n) is 10.3. The molecule has 8 heteroatoms. The summed E-state index contributed by atoms with van der Waals surface area (Å²) in [5.74, 6) is -0.432. The molecule has 2 aromatic carbocycles. The number of quaternary nitrogens is 1. The molecule has 0 aliphatic heterocycles. The van der Waals surface area contributed by atoms with Crippen molar-refractivity contribution in [1.82, 2.24) is 10.3 Å². The van der Waals surface area contributed by atoms with Crippen LogP contribution in [0.1, 0.15) is 37.5 Å². The van der Waals surface area contributed by atoms with Gasteiger partial charge < -0.3 is 20.3 Å². The molecule has 0 bridgehead atoms. The van der Waals surface area contributed by atoms with E-state index in [4.69, 9.17) is 4.74 Å². The smallest absolute Gasteiger partial charge is 0.407 e. The van der Waals surface area contributed by atoms with Gasteiger partial charge in [0.05, 0.1) is 19.0 Å². The van der Waals surface area contributed by atoms with E-state index >= 15 is 0 Å². The molecule has 37 heavy (non-hydrogen) atoms. The highest BCUT2D eigenvalue weighted by Crippen LogP contribution is 2.18. The van der Waals surface area contributed by atoms with Gasteiger partial charge in [-0.1, -0.05) is 71.8 Å². The third-order valence-electron chi connectivity index (χ3n) is 5.65. The summed E-state index contributed by atoms with van der Waals surface area (Å²) in [6, 6.07) is 21.9. The molecule has 196 valence electrons. The predicted molar refractivity (Wildman–Crippen MR) is 141 cm³/mol. The summed E-state index contributed by atoms with van der Waals surface area (Å²) in [4.78, 5) is 16.7. The highest BCUT2D eigenvalue weighted by molar-refractivity contribution is 5.89. The fourth-order valence-corrected chi connectivity index (χ4v) is 4.02. The second-order valence-corrected chi connectivity index (χ2v) is 10.3. The number of carbonyl (C=O) groups excluding carboxylic acids is 1. The molecule has 0 saturated heterocycles. The van der Waals surface area contributed by atoms with Crippen LogP contribution >= 0.6 is 0 Å². The van der Waals surface area contributed by atoms with Crippen LogP contribution in [0.5, 0.6) is 0 Å². The number of pyridine rings is 1. The van der Waals surface area contributed by atoms with E-state index in [-0.39, 0.29) is 11.1 Å². The van der Waals surface area contributed by atoms with Crippen LogP contribution in [0.3, 0.4) is 0 Å². The van der Waals surface area contributed by atoms with E-state index in [9.17, 15) is 15.0 Å². The van der Waals surface area contributed by atoms with Crippen molar-refractivity contribution < 1.29 is 24.3 Å². The molecular formula is C29H36N4O4. The topological polar surface area (TPSA) is 107 Å². The van der Waals surface area contributed by atoms with E-state index in [0.29, 0.717) is 18.5 Å². The molecule has 0 aliphatic rings. The number of amides is 1. The first-order chi connectivity index (χ1) is 17.5. The largest absolute Gasteiger partial charge is 0.855 e. The van der Waals surface area contributed by atoms with E-state index in [1.165, 1.54) is 6.20 Å². The lowest BCUT2D eigenvalue weighted by molar-refractivity contribution is -0.933. The number of aliphatic hydroxyl groups excluding tert-OH is 1. The fourth-order valence-electron chi connectivity index (χ4n) is 4.02. The number of nitrogens with one attached hydrogen (secondary N) is 1. The van der Waals surface area contributed by atoms with Crippen molar-refractivity contribution in [3.05, 3.63) is 102 Å². The Bertz CT molecular complexity index is 1150. The van der Waals surface area contributed by atoms with Crippen LogP contribution < -0.4 is 10.4 Å². The molecule has 0 saturated carbocycles. The van der Waals surface area contributed by atoms with Crippen molar-refractivity contribution in [2.24, 2.45) is 5.10 Å². The Kier molecular flexibility index (Phi) is 9.38. The van der Waals surface area contributed by atoms with Gasteiger partial charge in [0.15, 0.2) is 0 Å². The van der Waals surface area contributed by atoms with E-state index in [1.807, 2.05) is 60.7 Å². The van der Waals surface area contributed by atoms with E-state index in [0.717, 1.165) is 11.1 Å². The maximum Gasteiger partial charge on any atom is 0.407 e. The van der Waals surface area contributed by atoms with Crippen LogP contribution in [0.15, 0.2) is 90.3 Å². The first-order valence-corrected chi connectivity index (χ1v) is 12.3. The minimum atomic E-state index is -1.04. The molecule has 3 atom stereocenters. The molecule has 1 amide bonds. The first kappa shape index (κ1) is 27.8. The monoisotopic (exact) mass is 504 g/mol. The van der Waals surface area contributed by atoms with E-state index < -0.39 is 29.7 Å². The van der Waals surface area contributed by atoms with Crippen molar-refractivity contribution in [2.45, 2.75) is 51.5 Å². The van der Waals surface area contributed by atoms with Crippen molar-refractivity contribution in [3.63, 3.8) is 0 Å². The number of aromatic nitrogens is 1. The molecule has 2 N–H and O–H groups in total. The van der Waals surface area contributed by atoms with Crippen LogP contribution in [0.25, 0.3) is 0 Å². The quantitative estimate of drug-likeness (QED) is 0.191. The second kappa shape index (κ2) is 12.5. The van der Waals surface area contributed by atoms with Gasteiger partial charge in [-0.3, -0.25) is 4.98 Å². The summed E-state index contributed by atoms with van der Waals surface area (Å²) in [7, 11) is 1.79. The van der Waals surface area contributed by atoms with Crippen LogP contribution in [0.4, 0.5) is 4.79 Å². The molecule has 1 aromatic heterocycles. The van der Waals surface area contributed by atoms with Crippen molar-refractivity contribution >= 4 is 12.0 Å². The number of ether oxygens (including phenoxy) is 1. The van der Waals surface area contributed by atoms with E-state index in [1.54, 1.807) is 46.1 Å². The molecule has 3 aromatic rings. The molecule has 0 aliphatic carbocycles. The minimum absolute atomic E-state index is 0.0776. The zero-order valence-electron chi connectivity index (χ0n) is 21.9. The maximum absolute atomic E-state index is 13.0. The standard InChI is InChI=1S/C29H36N4O4/c1-29(2,3)37-28(36)31-25(18-22-12-7-5-8-13-22)26(34)21-33(4,20-23-14-9-6-10-15-23)32-27(35)24-16-11-17-30-19-24/h5-17,19,25-26,34H,18,20-21H2,1-4H3,(H-,31,32,35,36)/t25-,26-,33?/m0/s1. The number of benzene rings is 2. The number of nitrogens with zero attached hydrogens (tertiary/aromatic N) is 3. The lowest BCUT2D eigenvalue weighted by Crippen LogP contribution is -2.54. The zero-order chi connectivity index (χ0) is 26.9. The van der Waals surface area contributed by atoms with Gasteiger partial charge >= 0.3 is 6.09 Å². The molecule has 0 radical (unpaired) electrons. The van der Waals surface area contributed by atoms with Crippen molar-refractivity contribution in [1.29, 1.82) is 0 Å². The summed E-state index contributed by atoms with van der Waals surface area (Å²) in [5, 5.41) is 31.8. The highest BCUT2D eigenvalue weighted by atomic mass is 16.6. The Labute approximate surface area is 218 Å². The number of aliphatic hydroxyl groups is 1. The van der Waals surface area contributed by atoms with Gasteiger partial charge in [0.1, 0.15) is 24.8 Å². The van der Waals surface area contributed by atoms with E-state index in [2.05, 4.69) is 15.4 Å². The number of rotatable bonds is 10. The Morgan fingerprint density at radius 2 is 1.68 bits per heavy atom. The molecule has 1 unspecified atom stereocenters. The Hall–Kier alpha value is -3.75. The first-order valence-electron chi connectivity index (χ1n) is 12.3. The number of likely N-dealkylation sites (N-methyl/N-ethyl adjacent to an activating group) is 1. The SMILES string of the molecule is CC(C)(C)OC(=O)N[C@@H](Cc1ccccc1)[C@@H](O)C[N+](C)(Cc1ccccc1)/N=C(\[O-])c1cccnc1. The van der Waals surface area contributed by atoms with Gasteiger partial charge in [0.2, 0.25) is 0 Å². The summed E-state index contributed by atoms with van der Waals surface area (Å²) in [5.41, 5.74) is 1.58. The normalized spacial score (nSPS) is 15.3. The zero-order valence-corrected chi connectivity index (χ0v) is 21.9. The van der Waals surface area contributed by atoms with Gasteiger partial charge in [-0.25, -0.2) is 4.79 Å². The summed E-state index contributed by atoms with van der Waals surface area (Å²) >= 11 is 0. The molecule has 8 nitrogen and oxygen atoms in total. The van der Waals surface area contributed by atoms with Gasteiger partial charge in [0, 0.05) is 23.5 Å². The maximum atomic E-state index is 13.0. The molecule has 3 rings (SSSR count). The third-order valence-corrected chi connectivity index (χ3v) is 5.65. The molecule has 0 fully saturated rings. The average molecular weight is 505 g/mol. The molecule has 1 heterocycles. The third kappa shape index (κ3) is 9.33. The Morgan fingerprint density at radius 1 is 1.05 bits per heavy atom. The average Bonchev–Trinajstić information content (AvgIpc) is 2.84. The molecular weight excluding hydrogens is 468 g/mol. The number of hydrogen-bond acceptors (Lipinski definition) is 6. The minimum Gasteiger partial charge on any atom is -0.855 e. The number of carbonyl (C=O) groups is 1. The lowest BCUT2D eigenvalue weighted by atomic mass is 10.0. The van der Waals surface area contributed by atoms with Crippen LogP contribution in [-0.4, -0.2) is 58.0 Å². The van der Waals surface area contributed by atoms with Gasteiger partial charge in [-0.15, -0.1) is 0 Å². The fraction of sp³-hybridized carbons (Fsp3) is 0.345. The molecule has 0 spiro atoms. The summed E-state index contributed by atoms with van der Waals surface area (Å²) in [6.07, 6.45) is 1.79. The van der Waals surface area contributed by atoms with Gasteiger partial charge in [-0.2, -0.15) is 4.59 Å². The summed E-state index contributed by atoms with van der Waals surface area (Å²) < 4.78 is 5.33. The van der Waals surface area contributed by atoms with Crippen LogP contribution in [0.2, 0.25) is 0 Å². The van der Waals surface area contributed by atoms with Gasteiger partial charge in [0.25, 0.3) is 0 Å². The van der Waals surface area contributed by atoms with Crippen molar-refractivity contribution in [2.75, 3.05) is 13.6 Å². The summed E-state index contributed by atoms with van der Waals surface area (Å²) in [6.45, 7) is 5.80. The lowest BCUT2D eigenvalue weighted by Gasteiger charge is -2.34. The Balaban J connectivity index is 1.90. The number of alkyl carbamates (subject to hydrolysis) is 1. The van der Waals surface area contributed by atoms with Crippen molar-refractivity contribution in [3.8, 4) is 0 Å². The van der Waals surface area contributed by atoms with Crippen LogP contribution in [-0.2, 0) is 17.7 Å². The number of hydrogen-bond donors (Lipinski definition) is 2. The van der Waals surface area contributed by atoms with Gasteiger partial charge in [-0.05, 0) is 38.8 Å². The highest BCUT2D eigenvalue weighted by Gasteiger charge is 2.33. The van der Waals surface area contributed by atoms with Crippen LogP contribution in [0, 0.1) is 0 Å². The predicted octanol–water partition coefficient (Wildman–Crippen LogP) is 3.25. The Morgan fingerprint density at radius 3 is 2.24 bits per heavy atom.